The van der Waals surface area contributed by atoms with E-state index in [-0.39, 0.29) is 5.91 Å². The molecule has 0 radical (unpaired) electrons. The molecule has 2 rings (SSSR count). The zero-order valence-corrected chi connectivity index (χ0v) is 13.5. The molecule has 0 fully saturated rings. The molecule has 0 aliphatic carbocycles. The number of carbonyl (C=O) groups excluding carboxylic acids is 1. The van der Waals surface area contributed by atoms with Gasteiger partial charge in [0.05, 0.1) is 0 Å². The van der Waals surface area contributed by atoms with E-state index in [9.17, 15) is 4.79 Å². The minimum Gasteiger partial charge on any atom is -0.489 e. The standard InChI is InChI=1S/C18H18ClNO3/c1-3-11-22-17-6-4-5-15(12-17)20-18(21)13(2)23-16-9-7-14(19)8-10-16/h3-10,12-13H,1,11H2,2H3,(H,20,21)/t13-/m0/s1. The van der Waals surface area contributed by atoms with Gasteiger partial charge in [-0.1, -0.05) is 30.3 Å². The molecule has 120 valence electrons. The second-order valence-corrected chi connectivity index (χ2v) is 5.27. The van der Waals surface area contributed by atoms with E-state index < -0.39 is 6.10 Å². The van der Waals surface area contributed by atoms with E-state index in [1.165, 1.54) is 0 Å². The summed E-state index contributed by atoms with van der Waals surface area (Å²) in [5, 5.41) is 3.41. The Balaban J connectivity index is 1.95. The van der Waals surface area contributed by atoms with Gasteiger partial charge in [-0.2, -0.15) is 0 Å². The molecule has 0 aliphatic heterocycles. The monoisotopic (exact) mass is 331 g/mol. The molecule has 2 aromatic rings. The van der Waals surface area contributed by atoms with Crippen LogP contribution in [0.5, 0.6) is 11.5 Å². The van der Waals surface area contributed by atoms with Gasteiger partial charge in [0.25, 0.3) is 5.91 Å². The summed E-state index contributed by atoms with van der Waals surface area (Å²) in [7, 11) is 0. The van der Waals surface area contributed by atoms with Crippen LogP contribution >= 0.6 is 11.6 Å². The minimum absolute atomic E-state index is 0.249. The SMILES string of the molecule is C=CCOc1cccc(NC(=O)[C@H](C)Oc2ccc(Cl)cc2)c1. The molecule has 0 saturated heterocycles. The normalized spacial score (nSPS) is 11.4. The minimum atomic E-state index is -0.645. The Kier molecular flexibility index (Phi) is 6.06. The summed E-state index contributed by atoms with van der Waals surface area (Å²) in [6.07, 6.45) is 1.02. The van der Waals surface area contributed by atoms with Crippen molar-refractivity contribution in [2.45, 2.75) is 13.0 Å². The number of amides is 1. The molecule has 1 N–H and O–H groups in total. The second kappa shape index (κ2) is 8.25. The van der Waals surface area contributed by atoms with Gasteiger partial charge in [0.1, 0.15) is 18.1 Å². The molecule has 4 nitrogen and oxygen atoms in total. The summed E-state index contributed by atoms with van der Waals surface area (Å²) in [5.74, 6) is 0.995. The number of nitrogens with one attached hydrogen (secondary N) is 1. The van der Waals surface area contributed by atoms with Gasteiger partial charge in [-0.25, -0.2) is 0 Å². The first-order valence-electron chi connectivity index (χ1n) is 7.15. The van der Waals surface area contributed by atoms with Gasteiger partial charge < -0.3 is 14.8 Å². The Morgan fingerprint density at radius 1 is 1.26 bits per heavy atom. The van der Waals surface area contributed by atoms with Crippen LogP contribution in [0.3, 0.4) is 0 Å². The van der Waals surface area contributed by atoms with Gasteiger partial charge in [-0.3, -0.25) is 4.79 Å². The number of hydrogen-bond donors (Lipinski definition) is 1. The highest BCUT2D eigenvalue weighted by Crippen LogP contribution is 2.19. The smallest absolute Gasteiger partial charge is 0.265 e. The quantitative estimate of drug-likeness (QED) is 0.769. The Bertz CT molecular complexity index is 670. The first-order chi connectivity index (χ1) is 11.1. The fraction of sp³-hybridized carbons (Fsp3) is 0.167. The molecular weight excluding hydrogens is 314 g/mol. The van der Waals surface area contributed by atoms with Crippen LogP contribution in [-0.2, 0) is 4.79 Å². The third-order valence-electron chi connectivity index (χ3n) is 2.97. The van der Waals surface area contributed by atoms with E-state index in [0.717, 1.165) is 0 Å². The fourth-order valence-electron chi connectivity index (χ4n) is 1.83. The summed E-state index contributed by atoms with van der Waals surface area (Å²) in [6, 6.07) is 14.0. The molecule has 23 heavy (non-hydrogen) atoms. The molecule has 5 heteroatoms. The predicted octanol–water partition coefficient (Wildman–Crippen LogP) is 4.31. The van der Waals surface area contributed by atoms with Gasteiger partial charge in [-0.05, 0) is 43.3 Å². The van der Waals surface area contributed by atoms with Crippen molar-refractivity contribution in [3.63, 3.8) is 0 Å². The van der Waals surface area contributed by atoms with Crippen LogP contribution in [-0.4, -0.2) is 18.6 Å². The topological polar surface area (TPSA) is 47.6 Å². The molecule has 0 heterocycles. The summed E-state index contributed by atoms with van der Waals surface area (Å²) in [6.45, 7) is 5.69. The number of carbonyl (C=O) groups is 1. The Hall–Kier alpha value is -2.46. The number of anilines is 1. The number of rotatable bonds is 7. The van der Waals surface area contributed by atoms with E-state index in [2.05, 4.69) is 11.9 Å². The van der Waals surface area contributed by atoms with Crippen LogP contribution in [0.15, 0.2) is 61.2 Å². The number of halogens is 1. The molecule has 0 aliphatic rings. The van der Waals surface area contributed by atoms with Crippen molar-refractivity contribution in [3.05, 3.63) is 66.2 Å². The second-order valence-electron chi connectivity index (χ2n) is 4.83. The highest BCUT2D eigenvalue weighted by molar-refractivity contribution is 6.30. The molecule has 0 spiro atoms. The van der Waals surface area contributed by atoms with E-state index in [1.54, 1.807) is 55.5 Å². The average Bonchev–Trinajstić information content (AvgIpc) is 2.55. The lowest BCUT2D eigenvalue weighted by molar-refractivity contribution is -0.122. The summed E-state index contributed by atoms with van der Waals surface area (Å²) in [4.78, 5) is 12.2. The predicted molar refractivity (Wildman–Crippen MR) is 92.3 cm³/mol. The van der Waals surface area contributed by atoms with Crippen molar-refractivity contribution in [3.8, 4) is 11.5 Å². The third kappa shape index (κ3) is 5.34. The Labute approximate surface area is 140 Å². The number of hydrogen-bond acceptors (Lipinski definition) is 3. The lowest BCUT2D eigenvalue weighted by Crippen LogP contribution is -2.30. The van der Waals surface area contributed by atoms with Gasteiger partial charge in [0.2, 0.25) is 0 Å². The van der Waals surface area contributed by atoms with Crippen molar-refractivity contribution in [1.29, 1.82) is 0 Å². The van der Waals surface area contributed by atoms with Crippen molar-refractivity contribution in [2.75, 3.05) is 11.9 Å². The van der Waals surface area contributed by atoms with E-state index in [1.807, 2.05) is 6.07 Å². The van der Waals surface area contributed by atoms with Gasteiger partial charge >= 0.3 is 0 Å². The van der Waals surface area contributed by atoms with E-state index in [0.29, 0.717) is 28.8 Å². The van der Waals surface area contributed by atoms with Crippen molar-refractivity contribution < 1.29 is 14.3 Å². The highest BCUT2D eigenvalue weighted by Gasteiger charge is 2.15. The van der Waals surface area contributed by atoms with Gasteiger partial charge in [0, 0.05) is 16.8 Å². The van der Waals surface area contributed by atoms with Crippen molar-refractivity contribution in [2.24, 2.45) is 0 Å². The lowest BCUT2D eigenvalue weighted by Gasteiger charge is -2.15. The summed E-state index contributed by atoms with van der Waals surface area (Å²) >= 11 is 5.82. The van der Waals surface area contributed by atoms with Crippen LogP contribution in [0.2, 0.25) is 5.02 Å². The molecule has 1 amide bonds. The molecule has 1 atom stereocenters. The van der Waals surface area contributed by atoms with Gasteiger partial charge in [0.15, 0.2) is 6.10 Å². The maximum atomic E-state index is 12.2. The highest BCUT2D eigenvalue weighted by atomic mass is 35.5. The van der Waals surface area contributed by atoms with Crippen LogP contribution in [0.25, 0.3) is 0 Å². The fourth-order valence-corrected chi connectivity index (χ4v) is 1.96. The Morgan fingerprint density at radius 3 is 2.70 bits per heavy atom. The maximum Gasteiger partial charge on any atom is 0.265 e. The average molecular weight is 332 g/mol. The molecule has 0 aromatic heterocycles. The number of ether oxygens (including phenoxy) is 2. The van der Waals surface area contributed by atoms with Crippen molar-refractivity contribution in [1.82, 2.24) is 0 Å². The van der Waals surface area contributed by atoms with Crippen LogP contribution in [0.4, 0.5) is 5.69 Å². The first kappa shape index (κ1) is 16.9. The molecule has 0 bridgehead atoms. The maximum absolute atomic E-state index is 12.2. The zero-order chi connectivity index (χ0) is 16.7. The molecule has 2 aromatic carbocycles. The molecule has 0 saturated carbocycles. The first-order valence-corrected chi connectivity index (χ1v) is 7.53. The molecule has 0 unspecified atom stereocenters. The largest absolute Gasteiger partial charge is 0.489 e. The van der Waals surface area contributed by atoms with Gasteiger partial charge in [-0.15, -0.1) is 0 Å². The van der Waals surface area contributed by atoms with Crippen molar-refractivity contribution >= 4 is 23.2 Å². The van der Waals surface area contributed by atoms with Crippen LogP contribution < -0.4 is 14.8 Å². The lowest BCUT2D eigenvalue weighted by atomic mass is 10.2. The number of benzene rings is 2. The third-order valence-corrected chi connectivity index (χ3v) is 3.22. The Morgan fingerprint density at radius 2 is 2.00 bits per heavy atom. The summed E-state index contributed by atoms with van der Waals surface area (Å²) < 4.78 is 11.0. The van der Waals surface area contributed by atoms with E-state index in [4.69, 9.17) is 21.1 Å². The van der Waals surface area contributed by atoms with Crippen LogP contribution in [0.1, 0.15) is 6.92 Å². The van der Waals surface area contributed by atoms with E-state index >= 15 is 0 Å². The summed E-state index contributed by atoms with van der Waals surface area (Å²) in [5.41, 5.74) is 0.642. The zero-order valence-electron chi connectivity index (χ0n) is 12.8. The molecular formula is C18H18ClNO3. The van der Waals surface area contributed by atoms with Crippen LogP contribution in [0, 0.1) is 0 Å².